The minimum absolute atomic E-state index is 0.139. The van der Waals surface area contributed by atoms with Crippen LogP contribution in [0.1, 0.15) is 36.4 Å². The van der Waals surface area contributed by atoms with Crippen molar-refractivity contribution >= 4 is 29.3 Å². The number of nitrogens with one attached hydrogen (secondary N) is 1. The maximum absolute atomic E-state index is 12.4. The first-order valence-electron chi connectivity index (χ1n) is 9.54. The zero-order chi connectivity index (χ0) is 20.6. The minimum atomic E-state index is -0.264. The number of likely N-dealkylation sites (tertiary alicyclic amines) is 1. The molecule has 1 fully saturated rings. The second kappa shape index (κ2) is 10.0. The van der Waals surface area contributed by atoms with Gasteiger partial charge in [-0.05, 0) is 66.9 Å². The van der Waals surface area contributed by atoms with Crippen LogP contribution >= 0.6 is 12.2 Å². The molecule has 1 aromatic heterocycles. The number of amides is 1. The van der Waals surface area contributed by atoms with Gasteiger partial charge in [-0.25, -0.2) is 0 Å². The van der Waals surface area contributed by atoms with Gasteiger partial charge in [0.25, 0.3) is 0 Å². The Labute approximate surface area is 176 Å². The molecule has 6 nitrogen and oxygen atoms in total. The Morgan fingerprint density at radius 1 is 1.24 bits per heavy atom. The second-order valence-electron chi connectivity index (χ2n) is 6.73. The second-order valence-corrected chi connectivity index (χ2v) is 7.12. The van der Waals surface area contributed by atoms with Crippen molar-refractivity contribution in [3.63, 3.8) is 0 Å². The number of piperidine rings is 1. The van der Waals surface area contributed by atoms with E-state index < -0.39 is 0 Å². The molecule has 0 bridgehead atoms. The number of carbonyl (C=O) groups is 1. The van der Waals surface area contributed by atoms with E-state index >= 15 is 0 Å². The molecule has 1 saturated heterocycles. The third-order valence-electron chi connectivity index (χ3n) is 4.90. The summed E-state index contributed by atoms with van der Waals surface area (Å²) in [5.74, 6) is 0.986. The molecule has 1 aliphatic heterocycles. The number of nitrogens with zero attached hydrogens (tertiary/aromatic N) is 2. The number of hydrogen-bond donors (Lipinski definition) is 1. The van der Waals surface area contributed by atoms with E-state index in [1.165, 1.54) is 6.08 Å². The van der Waals surface area contributed by atoms with Crippen LogP contribution in [0.15, 0.2) is 48.8 Å². The van der Waals surface area contributed by atoms with E-state index in [0.717, 1.165) is 36.9 Å². The molecule has 2 heterocycles. The Hall–Kier alpha value is -2.93. The molecular formula is C22H25N3O3S. The minimum Gasteiger partial charge on any atom is -0.493 e. The topological polar surface area (TPSA) is 63.7 Å². The molecule has 152 valence electrons. The molecule has 1 N–H and O–H groups in total. The van der Waals surface area contributed by atoms with Crippen molar-refractivity contribution in [1.82, 2.24) is 15.2 Å². The lowest BCUT2D eigenvalue weighted by Gasteiger charge is -2.37. The molecule has 0 aliphatic carbocycles. The van der Waals surface area contributed by atoms with Crippen molar-refractivity contribution in [2.75, 3.05) is 20.8 Å². The van der Waals surface area contributed by atoms with Crippen LogP contribution < -0.4 is 14.8 Å². The van der Waals surface area contributed by atoms with Crippen LogP contribution in [0.25, 0.3) is 6.08 Å². The summed E-state index contributed by atoms with van der Waals surface area (Å²) < 4.78 is 10.5. The fourth-order valence-electron chi connectivity index (χ4n) is 3.44. The van der Waals surface area contributed by atoms with E-state index in [-0.39, 0.29) is 11.9 Å². The van der Waals surface area contributed by atoms with E-state index in [1.54, 1.807) is 32.6 Å². The third kappa shape index (κ3) is 5.32. The Bertz CT molecular complexity index is 886. The molecule has 1 atom stereocenters. The van der Waals surface area contributed by atoms with Gasteiger partial charge in [0.1, 0.15) is 0 Å². The summed E-state index contributed by atoms with van der Waals surface area (Å²) in [6.45, 7) is 0.818. The number of benzene rings is 1. The van der Waals surface area contributed by atoms with Crippen LogP contribution in [-0.4, -0.2) is 41.7 Å². The highest BCUT2D eigenvalue weighted by atomic mass is 32.1. The van der Waals surface area contributed by atoms with Gasteiger partial charge >= 0.3 is 0 Å². The number of ether oxygens (including phenoxy) is 2. The number of pyridine rings is 1. The lowest BCUT2D eigenvalue weighted by atomic mass is 9.97. The summed E-state index contributed by atoms with van der Waals surface area (Å²) in [5, 5.41) is 3.27. The van der Waals surface area contributed by atoms with Crippen LogP contribution in [0.4, 0.5) is 0 Å². The Kier molecular flexibility index (Phi) is 7.19. The van der Waals surface area contributed by atoms with Gasteiger partial charge < -0.3 is 14.4 Å². The molecule has 0 spiro atoms. The van der Waals surface area contributed by atoms with Crippen molar-refractivity contribution in [2.45, 2.75) is 25.3 Å². The quantitative estimate of drug-likeness (QED) is 0.597. The van der Waals surface area contributed by atoms with E-state index in [9.17, 15) is 4.79 Å². The SMILES string of the molecule is COc1ccc(/C=C/C(=O)NC(=S)N2CCCC[C@@H]2c2cccnc2)cc1OC. The molecule has 7 heteroatoms. The Morgan fingerprint density at radius 2 is 2.07 bits per heavy atom. The highest BCUT2D eigenvalue weighted by Crippen LogP contribution is 2.30. The van der Waals surface area contributed by atoms with Gasteiger partial charge in [-0.2, -0.15) is 0 Å². The molecule has 1 aliphatic rings. The molecular weight excluding hydrogens is 386 g/mol. The first kappa shape index (κ1) is 20.8. The summed E-state index contributed by atoms with van der Waals surface area (Å²) in [6.07, 6.45) is 9.98. The van der Waals surface area contributed by atoms with Gasteiger partial charge in [0.15, 0.2) is 16.6 Å². The van der Waals surface area contributed by atoms with Gasteiger partial charge in [0.05, 0.1) is 20.3 Å². The molecule has 29 heavy (non-hydrogen) atoms. The van der Waals surface area contributed by atoms with Gasteiger partial charge in [-0.15, -0.1) is 0 Å². The van der Waals surface area contributed by atoms with Gasteiger partial charge in [-0.1, -0.05) is 12.1 Å². The number of thiocarbonyl (C=S) groups is 1. The van der Waals surface area contributed by atoms with E-state index in [4.69, 9.17) is 21.7 Å². The average molecular weight is 412 g/mol. The monoisotopic (exact) mass is 411 g/mol. The summed E-state index contributed by atoms with van der Waals surface area (Å²) in [5.41, 5.74) is 1.94. The van der Waals surface area contributed by atoms with Crippen molar-refractivity contribution in [2.24, 2.45) is 0 Å². The molecule has 0 radical (unpaired) electrons. The Balaban J connectivity index is 1.65. The number of aromatic nitrogens is 1. The Morgan fingerprint density at radius 3 is 2.79 bits per heavy atom. The summed E-state index contributed by atoms with van der Waals surface area (Å²) in [7, 11) is 3.16. The normalized spacial score (nSPS) is 16.5. The fraction of sp³-hybridized carbons (Fsp3) is 0.318. The van der Waals surface area contributed by atoms with E-state index in [2.05, 4.69) is 21.3 Å². The number of hydrogen-bond acceptors (Lipinski definition) is 5. The zero-order valence-electron chi connectivity index (χ0n) is 16.6. The van der Waals surface area contributed by atoms with Crippen LogP contribution in [0, 0.1) is 0 Å². The van der Waals surface area contributed by atoms with E-state index in [0.29, 0.717) is 16.6 Å². The number of methoxy groups -OCH3 is 2. The highest BCUT2D eigenvalue weighted by molar-refractivity contribution is 7.80. The van der Waals surface area contributed by atoms with Gasteiger partial charge in [0, 0.05) is 25.0 Å². The van der Waals surface area contributed by atoms with Crippen molar-refractivity contribution in [1.29, 1.82) is 0 Å². The van der Waals surface area contributed by atoms with Crippen molar-refractivity contribution < 1.29 is 14.3 Å². The number of rotatable bonds is 5. The maximum Gasteiger partial charge on any atom is 0.250 e. The van der Waals surface area contributed by atoms with Gasteiger partial charge in [-0.3, -0.25) is 15.1 Å². The molecule has 3 rings (SSSR count). The first-order valence-corrected chi connectivity index (χ1v) is 9.95. The van der Waals surface area contributed by atoms with Crippen molar-refractivity contribution in [3.8, 4) is 11.5 Å². The van der Waals surface area contributed by atoms with Crippen LogP contribution in [-0.2, 0) is 4.79 Å². The number of carbonyl (C=O) groups excluding carboxylic acids is 1. The van der Waals surface area contributed by atoms with E-state index in [1.807, 2.05) is 24.4 Å². The smallest absolute Gasteiger partial charge is 0.250 e. The first-order chi connectivity index (χ1) is 14.1. The molecule has 2 aromatic rings. The highest BCUT2D eigenvalue weighted by Gasteiger charge is 2.26. The zero-order valence-corrected chi connectivity index (χ0v) is 17.4. The average Bonchev–Trinajstić information content (AvgIpc) is 2.78. The largest absolute Gasteiger partial charge is 0.493 e. The predicted octanol–water partition coefficient (Wildman–Crippen LogP) is 3.74. The lowest BCUT2D eigenvalue weighted by molar-refractivity contribution is -0.115. The summed E-state index contributed by atoms with van der Waals surface area (Å²) >= 11 is 5.53. The molecule has 0 saturated carbocycles. The van der Waals surface area contributed by atoms with Crippen LogP contribution in [0.3, 0.4) is 0 Å². The lowest BCUT2D eigenvalue weighted by Crippen LogP contribution is -2.46. The molecule has 1 amide bonds. The van der Waals surface area contributed by atoms with Gasteiger partial charge in [0.2, 0.25) is 5.91 Å². The fourth-order valence-corrected chi connectivity index (χ4v) is 3.76. The molecule has 0 unspecified atom stereocenters. The maximum atomic E-state index is 12.4. The summed E-state index contributed by atoms with van der Waals surface area (Å²) in [6, 6.07) is 9.58. The third-order valence-corrected chi connectivity index (χ3v) is 5.23. The van der Waals surface area contributed by atoms with Crippen LogP contribution in [0.5, 0.6) is 11.5 Å². The van der Waals surface area contributed by atoms with Crippen molar-refractivity contribution in [3.05, 3.63) is 59.9 Å². The standard InChI is InChI=1S/C22H25N3O3S/c1-27-19-10-8-16(14-20(19)28-2)9-11-21(26)24-22(29)25-13-4-3-7-18(25)17-6-5-12-23-15-17/h5-6,8-12,14-15,18H,3-4,7,13H2,1-2H3,(H,24,26,29)/b11-9+/t18-/m1/s1. The van der Waals surface area contributed by atoms with Crippen LogP contribution in [0.2, 0.25) is 0 Å². The molecule has 1 aromatic carbocycles. The summed E-state index contributed by atoms with van der Waals surface area (Å²) in [4.78, 5) is 18.7. The predicted molar refractivity (Wildman–Crippen MR) is 117 cm³/mol.